The highest BCUT2D eigenvalue weighted by molar-refractivity contribution is 5.87. The summed E-state index contributed by atoms with van der Waals surface area (Å²) in [7, 11) is 0. The van der Waals surface area contributed by atoms with Crippen LogP contribution in [0, 0.1) is 5.92 Å². The first-order chi connectivity index (χ1) is 16.1. The minimum Gasteiger partial charge on any atom is -0.486 e. The quantitative estimate of drug-likeness (QED) is 0.448. The lowest BCUT2D eigenvalue weighted by atomic mass is 9.87. The Hall–Kier alpha value is -3.23. The molecule has 2 aromatic rings. The predicted octanol–water partition coefficient (Wildman–Crippen LogP) is 5.79. The molecule has 0 bridgehead atoms. The van der Waals surface area contributed by atoms with E-state index in [2.05, 4.69) is 17.6 Å². The lowest BCUT2D eigenvalue weighted by Crippen LogP contribution is -2.44. The fourth-order valence-corrected chi connectivity index (χ4v) is 4.14. The number of carbonyl (C=O) groups is 2. The topological polar surface area (TPSA) is 87.7 Å². The summed E-state index contributed by atoms with van der Waals surface area (Å²) < 4.78 is 44.8. The fraction of sp³-hybridized carbons (Fsp3) is 0.440. The van der Waals surface area contributed by atoms with Gasteiger partial charge in [-0.2, -0.15) is 13.2 Å². The lowest BCUT2D eigenvalue weighted by molar-refractivity contribution is -0.137. The predicted molar refractivity (Wildman–Crippen MR) is 121 cm³/mol. The van der Waals surface area contributed by atoms with Gasteiger partial charge in [0.1, 0.15) is 11.9 Å². The lowest BCUT2D eigenvalue weighted by Gasteiger charge is -2.27. The highest BCUT2D eigenvalue weighted by Gasteiger charge is 2.30. The number of carboxylic acid groups (broad SMARTS) is 1. The second-order valence-corrected chi connectivity index (χ2v) is 8.71. The molecule has 3 atom stereocenters. The molecule has 0 saturated heterocycles. The van der Waals surface area contributed by atoms with Gasteiger partial charge in [0.25, 0.3) is 0 Å². The van der Waals surface area contributed by atoms with Crippen LogP contribution in [0.3, 0.4) is 0 Å². The van der Waals surface area contributed by atoms with Crippen LogP contribution in [0.15, 0.2) is 48.5 Å². The average Bonchev–Trinajstić information content (AvgIpc) is 2.78. The molecule has 6 nitrogen and oxygen atoms in total. The number of rotatable bonds is 8. The van der Waals surface area contributed by atoms with E-state index in [4.69, 9.17) is 9.84 Å². The smallest absolute Gasteiger partial charge is 0.416 e. The van der Waals surface area contributed by atoms with Gasteiger partial charge in [-0.25, -0.2) is 9.59 Å². The van der Waals surface area contributed by atoms with Crippen LogP contribution in [0.4, 0.5) is 18.0 Å². The third-order valence-electron chi connectivity index (χ3n) is 5.95. The van der Waals surface area contributed by atoms with E-state index in [0.29, 0.717) is 23.7 Å². The van der Waals surface area contributed by atoms with Gasteiger partial charge in [0.2, 0.25) is 0 Å². The van der Waals surface area contributed by atoms with E-state index in [0.717, 1.165) is 31.4 Å². The maximum absolute atomic E-state index is 12.9. The van der Waals surface area contributed by atoms with Crippen LogP contribution in [0.5, 0.6) is 5.75 Å². The molecule has 0 heterocycles. The number of halogens is 3. The second-order valence-electron chi connectivity index (χ2n) is 8.71. The van der Waals surface area contributed by atoms with Crippen molar-refractivity contribution in [3.8, 4) is 5.75 Å². The van der Waals surface area contributed by atoms with E-state index in [9.17, 15) is 22.8 Å². The highest BCUT2D eigenvalue weighted by Crippen LogP contribution is 2.31. The summed E-state index contributed by atoms with van der Waals surface area (Å²) in [4.78, 5) is 23.4. The maximum Gasteiger partial charge on any atom is 0.416 e. The molecule has 0 aromatic heterocycles. The molecule has 2 aromatic carbocycles. The number of urea groups is 1. The van der Waals surface area contributed by atoms with Crippen molar-refractivity contribution in [2.24, 2.45) is 5.92 Å². The molecule has 3 unspecified atom stereocenters. The number of ether oxygens (including phenoxy) is 1. The van der Waals surface area contributed by atoms with Crippen LogP contribution in [0.1, 0.15) is 66.6 Å². The number of nitrogens with one attached hydrogen (secondary N) is 2. The zero-order chi connectivity index (χ0) is 24.7. The van der Waals surface area contributed by atoms with Crippen molar-refractivity contribution in [1.29, 1.82) is 0 Å². The summed E-state index contributed by atoms with van der Waals surface area (Å²) >= 11 is 0. The molecule has 1 aliphatic carbocycles. The van der Waals surface area contributed by atoms with Crippen LogP contribution in [-0.4, -0.2) is 29.7 Å². The van der Waals surface area contributed by atoms with E-state index in [1.165, 1.54) is 42.8 Å². The van der Waals surface area contributed by atoms with Gasteiger partial charge >= 0.3 is 18.2 Å². The Bertz CT molecular complexity index is 962. The standard InChI is InChI=1S/C25H29F3N2O4/c1-16-3-2-4-20(15-16)30-24(33)29-14-13-22(17-5-9-19(10-6-17)25(26,27)28)34-21-11-7-18(8-12-21)23(31)32/h5-12,16,20,22H,2-4,13-15H2,1H3,(H,31,32)(H2,29,30,33). The van der Waals surface area contributed by atoms with Gasteiger partial charge < -0.3 is 20.5 Å². The van der Waals surface area contributed by atoms with Crippen molar-refractivity contribution < 1.29 is 32.6 Å². The van der Waals surface area contributed by atoms with E-state index in [1.54, 1.807) is 0 Å². The van der Waals surface area contributed by atoms with Crippen molar-refractivity contribution in [1.82, 2.24) is 10.6 Å². The van der Waals surface area contributed by atoms with Crippen molar-refractivity contribution in [3.05, 3.63) is 65.2 Å². The van der Waals surface area contributed by atoms with Crippen LogP contribution in [-0.2, 0) is 6.18 Å². The summed E-state index contributed by atoms with van der Waals surface area (Å²) in [5.74, 6) is -0.132. The van der Waals surface area contributed by atoms with Crippen molar-refractivity contribution >= 4 is 12.0 Å². The second kappa shape index (κ2) is 11.3. The Morgan fingerprint density at radius 1 is 1.09 bits per heavy atom. The SMILES string of the molecule is CC1CCCC(NC(=O)NCCC(Oc2ccc(C(=O)O)cc2)c2ccc(C(F)(F)F)cc2)C1. The number of benzene rings is 2. The van der Waals surface area contributed by atoms with Gasteiger partial charge in [-0.05, 0) is 60.7 Å². The first-order valence-electron chi connectivity index (χ1n) is 11.3. The van der Waals surface area contributed by atoms with Gasteiger partial charge in [0, 0.05) is 19.0 Å². The molecule has 0 spiro atoms. The summed E-state index contributed by atoms with van der Waals surface area (Å²) in [6, 6.07) is 10.3. The molecule has 2 amide bonds. The fourth-order valence-electron chi connectivity index (χ4n) is 4.14. The minimum absolute atomic E-state index is 0.0915. The van der Waals surface area contributed by atoms with Gasteiger partial charge in [-0.15, -0.1) is 0 Å². The molecule has 1 fully saturated rings. The summed E-state index contributed by atoms with van der Waals surface area (Å²) in [5.41, 5.74) is -0.160. The summed E-state index contributed by atoms with van der Waals surface area (Å²) in [5, 5.41) is 14.8. The number of aromatic carboxylic acids is 1. The zero-order valence-corrected chi connectivity index (χ0v) is 18.9. The van der Waals surface area contributed by atoms with Crippen LogP contribution in [0.25, 0.3) is 0 Å². The minimum atomic E-state index is -4.45. The van der Waals surface area contributed by atoms with Crippen molar-refractivity contribution in [2.45, 2.75) is 57.3 Å². The molecule has 9 heteroatoms. The van der Waals surface area contributed by atoms with E-state index in [1.807, 2.05) is 0 Å². The normalized spacial score (nSPS) is 19.2. The largest absolute Gasteiger partial charge is 0.486 e. The van der Waals surface area contributed by atoms with Gasteiger partial charge in [-0.3, -0.25) is 0 Å². The Morgan fingerprint density at radius 2 is 1.76 bits per heavy atom. The molecule has 3 rings (SSSR count). The van der Waals surface area contributed by atoms with E-state index in [-0.39, 0.29) is 24.2 Å². The van der Waals surface area contributed by atoms with Crippen LogP contribution >= 0.6 is 0 Å². The van der Waals surface area contributed by atoms with Gasteiger partial charge in [0.05, 0.1) is 11.1 Å². The number of hydrogen-bond acceptors (Lipinski definition) is 3. The molecule has 1 saturated carbocycles. The Morgan fingerprint density at radius 3 is 2.35 bits per heavy atom. The maximum atomic E-state index is 12.9. The molecule has 34 heavy (non-hydrogen) atoms. The van der Waals surface area contributed by atoms with Crippen molar-refractivity contribution in [2.75, 3.05) is 6.54 Å². The third kappa shape index (κ3) is 7.40. The summed E-state index contributed by atoms with van der Waals surface area (Å²) in [6.45, 7) is 2.41. The highest BCUT2D eigenvalue weighted by atomic mass is 19.4. The number of amides is 2. The molecule has 3 N–H and O–H groups in total. The zero-order valence-electron chi connectivity index (χ0n) is 18.9. The van der Waals surface area contributed by atoms with Crippen LogP contribution in [0.2, 0.25) is 0 Å². The van der Waals surface area contributed by atoms with Gasteiger partial charge in [-0.1, -0.05) is 31.9 Å². The van der Waals surface area contributed by atoms with Gasteiger partial charge in [0.15, 0.2) is 0 Å². The van der Waals surface area contributed by atoms with Crippen LogP contribution < -0.4 is 15.4 Å². The molecular formula is C25H29F3N2O4. The monoisotopic (exact) mass is 478 g/mol. The first kappa shape index (κ1) is 25.4. The average molecular weight is 479 g/mol. The third-order valence-corrected chi connectivity index (χ3v) is 5.95. The first-order valence-corrected chi connectivity index (χ1v) is 11.3. The molecule has 0 radical (unpaired) electrons. The Labute approximate surface area is 196 Å². The van der Waals surface area contributed by atoms with E-state index >= 15 is 0 Å². The molecule has 184 valence electrons. The molecule has 0 aliphatic heterocycles. The summed E-state index contributed by atoms with van der Waals surface area (Å²) in [6.07, 6.45) is -0.653. The van der Waals surface area contributed by atoms with Crippen molar-refractivity contribution in [3.63, 3.8) is 0 Å². The number of carboxylic acids is 1. The number of carbonyl (C=O) groups excluding carboxylic acids is 1. The molecule has 1 aliphatic rings. The number of alkyl halides is 3. The Kier molecular flexibility index (Phi) is 8.41. The number of hydrogen-bond donors (Lipinski definition) is 3. The molecular weight excluding hydrogens is 449 g/mol. The Balaban J connectivity index is 1.64. The van der Waals surface area contributed by atoms with E-state index < -0.39 is 23.8 Å².